The number of likely N-dealkylation sites (tertiary alicyclic amines) is 1. The summed E-state index contributed by atoms with van der Waals surface area (Å²) in [5.74, 6) is 0.195. The molecule has 1 saturated heterocycles. The molecule has 1 aliphatic rings. The lowest BCUT2D eigenvalue weighted by atomic mass is 9.80. The topological polar surface area (TPSA) is 75.8 Å². The summed E-state index contributed by atoms with van der Waals surface area (Å²) in [5.41, 5.74) is 5.44. The van der Waals surface area contributed by atoms with Crippen molar-refractivity contribution in [3.05, 3.63) is 0 Å². The smallest absolute Gasteiger partial charge is 0.230 e. The van der Waals surface area contributed by atoms with E-state index in [2.05, 4.69) is 0 Å². The van der Waals surface area contributed by atoms with E-state index in [9.17, 15) is 4.79 Å². The van der Waals surface area contributed by atoms with Crippen LogP contribution in [0.2, 0.25) is 0 Å². The van der Waals surface area contributed by atoms with Crippen LogP contribution in [-0.2, 0) is 9.53 Å². The van der Waals surface area contributed by atoms with Crippen molar-refractivity contribution in [3.63, 3.8) is 0 Å². The van der Waals surface area contributed by atoms with Gasteiger partial charge in [0.25, 0.3) is 0 Å². The molecule has 0 atom stereocenters. The average Bonchev–Trinajstić information content (AvgIpc) is 2.48. The van der Waals surface area contributed by atoms with Crippen LogP contribution in [-0.4, -0.2) is 54.9 Å². The predicted octanol–water partition coefficient (Wildman–Crippen LogP) is 0.751. The third-order valence-corrected chi connectivity index (χ3v) is 4.37. The first-order valence-electron chi connectivity index (χ1n) is 7.35. The Kier molecular flexibility index (Phi) is 6.75. The van der Waals surface area contributed by atoms with Crippen molar-refractivity contribution in [2.45, 2.75) is 45.6 Å². The second-order valence-corrected chi connectivity index (χ2v) is 5.28. The maximum absolute atomic E-state index is 12.6. The van der Waals surface area contributed by atoms with Gasteiger partial charge in [-0.1, -0.05) is 13.8 Å². The van der Waals surface area contributed by atoms with E-state index in [0.29, 0.717) is 13.2 Å². The molecule has 5 nitrogen and oxygen atoms in total. The fraction of sp³-hybridized carbons (Fsp3) is 0.929. The van der Waals surface area contributed by atoms with Crippen molar-refractivity contribution >= 4 is 5.91 Å². The van der Waals surface area contributed by atoms with Crippen LogP contribution in [0.15, 0.2) is 0 Å². The van der Waals surface area contributed by atoms with Crippen molar-refractivity contribution in [2.24, 2.45) is 11.1 Å². The van der Waals surface area contributed by atoms with Gasteiger partial charge < -0.3 is 20.5 Å². The zero-order chi connectivity index (χ0) is 14.3. The van der Waals surface area contributed by atoms with Crippen molar-refractivity contribution in [2.75, 3.05) is 32.8 Å². The molecule has 0 aromatic heterocycles. The number of hydrogen-bond donors (Lipinski definition) is 2. The van der Waals surface area contributed by atoms with Gasteiger partial charge in [-0.05, 0) is 25.7 Å². The van der Waals surface area contributed by atoms with Crippen LogP contribution in [0.3, 0.4) is 0 Å². The van der Waals surface area contributed by atoms with E-state index >= 15 is 0 Å². The number of ether oxygens (including phenoxy) is 1. The molecule has 1 fully saturated rings. The van der Waals surface area contributed by atoms with Crippen LogP contribution in [0.4, 0.5) is 0 Å². The van der Waals surface area contributed by atoms with E-state index in [0.717, 1.165) is 38.8 Å². The van der Waals surface area contributed by atoms with Gasteiger partial charge in [0.1, 0.15) is 0 Å². The molecule has 1 rings (SSSR count). The lowest BCUT2D eigenvalue weighted by molar-refractivity contribution is -0.145. The molecule has 0 aromatic rings. The lowest BCUT2D eigenvalue weighted by Gasteiger charge is -2.39. The molecule has 0 bridgehead atoms. The summed E-state index contributed by atoms with van der Waals surface area (Å²) in [6.45, 7) is 6.39. The van der Waals surface area contributed by atoms with E-state index in [1.807, 2.05) is 18.7 Å². The Bertz CT molecular complexity index is 264. The number of nitrogens with zero attached hydrogens (tertiary/aromatic N) is 1. The minimum atomic E-state index is -0.390. The van der Waals surface area contributed by atoms with Crippen LogP contribution in [0.1, 0.15) is 39.5 Å². The highest BCUT2D eigenvalue weighted by Gasteiger charge is 2.38. The van der Waals surface area contributed by atoms with Gasteiger partial charge in [0, 0.05) is 19.6 Å². The number of hydrogen-bond acceptors (Lipinski definition) is 4. The van der Waals surface area contributed by atoms with Gasteiger partial charge in [-0.2, -0.15) is 0 Å². The van der Waals surface area contributed by atoms with Crippen molar-refractivity contribution in [3.8, 4) is 0 Å². The molecule has 1 amide bonds. The Balaban J connectivity index is 2.52. The van der Waals surface area contributed by atoms with Crippen molar-refractivity contribution in [1.29, 1.82) is 0 Å². The summed E-state index contributed by atoms with van der Waals surface area (Å²) >= 11 is 0. The number of carbonyl (C=O) groups is 1. The summed E-state index contributed by atoms with van der Waals surface area (Å²) in [5, 5.41) is 8.74. The molecule has 112 valence electrons. The number of piperidine rings is 1. The normalized spacial score (nSPS) is 17.8. The number of carbonyl (C=O) groups excluding carboxylic acids is 1. The second kappa shape index (κ2) is 7.82. The number of nitrogens with two attached hydrogens (primary N) is 1. The zero-order valence-electron chi connectivity index (χ0n) is 12.2. The highest BCUT2D eigenvalue weighted by molar-refractivity contribution is 5.83. The molecule has 0 aromatic carbocycles. The van der Waals surface area contributed by atoms with E-state index in [1.165, 1.54) is 0 Å². The molecule has 0 spiro atoms. The predicted molar refractivity (Wildman–Crippen MR) is 74.7 cm³/mol. The maximum Gasteiger partial charge on any atom is 0.230 e. The van der Waals surface area contributed by atoms with Crippen LogP contribution in [0.5, 0.6) is 0 Å². The Labute approximate surface area is 116 Å². The van der Waals surface area contributed by atoms with Gasteiger partial charge in [0.05, 0.1) is 24.7 Å². The summed E-state index contributed by atoms with van der Waals surface area (Å²) in [4.78, 5) is 14.5. The first-order chi connectivity index (χ1) is 9.13. The molecule has 0 aliphatic carbocycles. The number of amides is 1. The largest absolute Gasteiger partial charge is 0.394 e. The Morgan fingerprint density at radius 3 is 2.37 bits per heavy atom. The van der Waals surface area contributed by atoms with Gasteiger partial charge >= 0.3 is 0 Å². The highest BCUT2D eigenvalue weighted by atomic mass is 16.5. The van der Waals surface area contributed by atoms with E-state index in [4.69, 9.17) is 15.6 Å². The molecule has 1 heterocycles. The monoisotopic (exact) mass is 272 g/mol. The van der Waals surface area contributed by atoms with Crippen LogP contribution in [0, 0.1) is 5.41 Å². The van der Waals surface area contributed by atoms with Gasteiger partial charge in [-0.3, -0.25) is 4.79 Å². The first-order valence-corrected chi connectivity index (χ1v) is 7.35. The minimum absolute atomic E-state index is 0.0566. The maximum atomic E-state index is 12.6. The van der Waals surface area contributed by atoms with E-state index in [1.54, 1.807) is 0 Å². The SMILES string of the molecule is CCC(CC)(CN)C(=O)N1CCC(OCCO)CC1. The van der Waals surface area contributed by atoms with Crippen LogP contribution in [0.25, 0.3) is 0 Å². The summed E-state index contributed by atoms with van der Waals surface area (Å²) in [6.07, 6.45) is 3.45. The lowest BCUT2D eigenvalue weighted by Crippen LogP contribution is -2.51. The van der Waals surface area contributed by atoms with Gasteiger partial charge in [0.2, 0.25) is 5.91 Å². The average molecular weight is 272 g/mol. The Morgan fingerprint density at radius 2 is 1.95 bits per heavy atom. The Hall–Kier alpha value is -0.650. The standard InChI is InChI=1S/C14H28N2O3/c1-3-14(4-2,11-15)13(18)16-7-5-12(6-8-16)19-10-9-17/h12,17H,3-11,15H2,1-2H3. The van der Waals surface area contributed by atoms with Gasteiger partial charge in [-0.25, -0.2) is 0 Å². The quantitative estimate of drug-likeness (QED) is 0.717. The fourth-order valence-corrected chi connectivity index (χ4v) is 2.71. The van der Waals surface area contributed by atoms with E-state index < -0.39 is 5.41 Å². The fourth-order valence-electron chi connectivity index (χ4n) is 2.71. The van der Waals surface area contributed by atoms with Crippen LogP contribution >= 0.6 is 0 Å². The van der Waals surface area contributed by atoms with Crippen molar-refractivity contribution in [1.82, 2.24) is 4.90 Å². The van der Waals surface area contributed by atoms with Gasteiger partial charge in [0.15, 0.2) is 0 Å². The zero-order valence-corrected chi connectivity index (χ0v) is 12.2. The highest BCUT2D eigenvalue weighted by Crippen LogP contribution is 2.29. The molecule has 19 heavy (non-hydrogen) atoms. The molecular formula is C14H28N2O3. The van der Waals surface area contributed by atoms with Gasteiger partial charge in [-0.15, -0.1) is 0 Å². The number of aliphatic hydroxyl groups excluding tert-OH is 1. The number of rotatable bonds is 7. The first kappa shape index (κ1) is 16.4. The summed E-state index contributed by atoms with van der Waals surface area (Å²) in [7, 11) is 0. The molecule has 0 unspecified atom stereocenters. The van der Waals surface area contributed by atoms with E-state index in [-0.39, 0.29) is 18.6 Å². The molecule has 0 radical (unpaired) electrons. The third kappa shape index (κ3) is 3.91. The Morgan fingerprint density at radius 1 is 1.37 bits per heavy atom. The summed E-state index contributed by atoms with van der Waals surface area (Å²) in [6, 6.07) is 0. The van der Waals surface area contributed by atoms with Crippen molar-refractivity contribution < 1.29 is 14.6 Å². The number of aliphatic hydroxyl groups is 1. The molecule has 1 aliphatic heterocycles. The third-order valence-electron chi connectivity index (χ3n) is 4.37. The van der Waals surface area contributed by atoms with Crippen LogP contribution < -0.4 is 5.73 Å². The minimum Gasteiger partial charge on any atom is -0.394 e. The molecule has 3 N–H and O–H groups in total. The molecule has 5 heteroatoms. The molecule has 0 saturated carbocycles. The summed E-state index contributed by atoms with van der Waals surface area (Å²) < 4.78 is 5.51. The molecular weight excluding hydrogens is 244 g/mol. The second-order valence-electron chi connectivity index (χ2n) is 5.28.